The van der Waals surface area contributed by atoms with E-state index in [0.717, 1.165) is 24.1 Å². The third-order valence-electron chi connectivity index (χ3n) is 4.12. The molecule has 0 fully saturated rings. The second kappa shape index (κ2) is 10.6. The first kappa shape index (κ1) is 19.9. The van der Waals surface area contributed by atoms with E-state index >= 15 is 0 Å². The summed E-state index contributed by atoms with van der Waals surface area (Å²) in [5.74, 6) is 0.509. The normalized spacial score (nSPS) is 10.6. The SMILES string of the molecule is CC(C)CCNC(=S)NNC(=O)CC(c1ccccc1)c1ccccc1. The van der Waals surface area contributed by atoms with E-state index in [4.69, 9.17) is 12.2 Å². The van der Waals surface area contributed by atoms with E-state index in [9.17, 15) is 4.79 Å². The molecule has 4 nitrogen and oxygen atoms in total. The number of hydrazine groups is 1. The summed E-state index contributed by atoms with van der Waals surface area (Å²) >= 11 is 5.19. The highest BCUT2D eigenvalue weighted by molar-refractivity contribution is 7.80. The fourth-order valence-corrected chi connectivity index (χ4v) is 2.83. The minimum absolute atomic E-state index is 0.00155. The van der Waals surface area contributed by atoms with Crippen molar-refractivity contribution in [3.8, 4) is 0 Å². The third kappa shape index (κ3) is 6.84. The van der Waals surface area contributed by atoms with Gasteiger partial charge in [0, 0.05) is 18.9 Å². The summed E-state index contributed by atoms with van der Waals surface area (Å²) < 4.78 is 0. The molecule has 0 saturated carbocycles. The summed E-state index contributed by atoms with van der Waals surface area (Å²) in [4.78, 5) is 12.4. The standard InChI is InChI=1S/C21H27N3OS/c1-16(2)13-14-22-21(26)24-23-20(25)15-19(17-9-5-3-6-10-17)18-11-7-4-8-12-18/h3-12,16,19H,13-15H2,1-2H3,(H,23,25)(H2,22,24,26). The van der Waals surface area contributed by atoms with Crippen molar-refractivity contribution in [3.63, 3.8) is 0 Å². The molecule has 0 bridgehead atoms. The van der Waals surface area contributed by atoms with Crippen molar-refractivity contribution in [2.45, 2.75) is 32.6 Å². The highest BCUT2D eigenvalue weighted by atomic mass is 32.1. The molecule has 0 spiro atoms. The minimum Gasteiger partial charge on any atom is -0.361 e. The molecule has 0 saturated heterocycles. The van der Waals surface area contributed by atoms with Gasteiger partial charge in [-0.3, -0.25) is 15.6 Å². The number of hydrogen-bond acceptors (Lipinski definition) is 2. The topological polar surface area (TPSA) is 53.2 Å². The van der Waals surface area contributed by atoms with Gasteiger partial charge in [0.15, 0.2) is 5.11 Å². The smallest absolute Gasteiger partial charge is 0.239 e. The van der Waals surface area contributed by atoms with Crippen molar-refractivity contribution in [3.05, 3.63) is 71.8 Å². The lowest BCUT2D eigenvalue weighted by Crippen LogP contribution is -2.47. The van der Waals surface area contributed by atoms with Crippen LogP contribution in [0.15, 0.2) is 60.7 Å². The number of thiocarbonyl (C=S) groups is 1. The zero-order valence-corrected chi connectivity index (χ0v) is 16.2. The molecule has 3 N–H and O–H groups in total. The van der Waals surface area contributed by atoms with E-state index in [1.54, 1.807) is 0 Å². The fourth-order valence-electron chi connectivity index (χ4n) is 2.68. The molecule has 26 heavy (non-hydrogen) atoms. The number of carbonyl (C=O) groups is 1. The average molecular weight is 370 g/mol. The Hall–Kier alpha value is -2.40. The molecule has 5 heteroatoms. The van der Waals surface area contributed by atoms with Crippen LogP contribution in [0.5, 0.6) is 0 Å². The van der Waals surface area contributed by atoms with E-state index in [0.29, 0.717) is 17.5 Å². The van der Waals surface area contributed by atoms with Gasteiger partial charge in [-0.25, -0.2) is 0 Å². The summed E-state index contributed by atoms with van der Waals surface area (Å²) in [6, 6.07) is 20.2. The van der Waals surface area contributed by atoms with Crippen molar-refractivity contribution in [1.82, 2.24) is 16.2 Å². The Balaban J connectivity index is 1.92. The Morgan fingerprint density at radius 2 is 1.46 bits per heavy atom. The lowest BCUT2D eigenvalue weighted by Gasteiger charge is -2.18. The number of benzene rings is 2. The van der Waals surface area contributed by atoms with Crippen LogP contribution in [0.4, 0.5) is 0 Å². The molecular formula is C21H27N3OS. The first-order chi connectivity index (χ1) is 12.6. The first-order valence-corrected chi connectivity index (χ1v) is 9.39. The van der Waals surface area contributed by atoms with Gasteiger partial charge in [0.2, 0.25) is 5.91 Å². The van der Waals surface area contributed by atoms with Crippen molar-refractivity contribution in [2.75, 3.05) is 6.54 Å². The van der Waals surface area contributed by atoms with Gasteiger partial charge in [-0.15, -0.1) is 0 Å². The van der Waals surface area contributed by atoms with Crippen molar-refractivity contribution < 1.29 is 4.79 Å². The van der Waals surface area contributed by atoms with Crippen molar-refractivity contribution in [2.24, 2.45) is 5.92 Å². The Labute approximate surface area is 161 Å². The van der Waals surface area contributed by atoms with Crippen LogP contribution in [0, 0.1) is 5.92 Å². The molecule has 0 heterocycles. The number of rotatable bonds is 7. The van der Waals surface area contributed by atoms with E-state index in [1.165, 1.54) is 0 Å². The van der Waals surface area contributed by atoms with Crippen LogP contribution in [-0.4, -0.2) is 17.6 Å². The maximum atomic E-state index is 12.4. The van der Waals surface area contributed by atoms with E-state index in [1.807, 2.05) is 36.4 Å². The van der Waals surface area contributed by atoms with Gasteiger partial charge in [-0.05, 0) is 35.7 Å². The lowest BCUT2D eigenvalue weighted by atomic mass is 9.88. The monoisotopic (exact) mass is 369 g/mol. The van der Waals surface area contributed by atoms with Crippen molar-refractivity contribution in [1.29, 1.82) is 0 Å². The Kier molecular flexibility index (Phi) is 8.09. The minimum atomic E-state index is -0.101. The molecule has 138 valence electrons. The molecular weight excluding hydrogens is 342 g/mol. The first-order valence-electron chi connectivity index (χ1n) is 8.99. The Morgan fingerprint density at radius 3 is 1.96 bits per heavy atom. The second-order valence-corrected chi connectivity index (χ2v) is 7.10. The van der Waals surface area contributed by atoms with E-state index in [-0.39, 0.29) is 11.8 Å². The number of hydrogen-bond donors (Lipinski definition) is 3. The zero-order valence-electron chi connectivity index (χ0n) is 15.4. The van der Waals surface area contributed by atoms with Gasteiger partial charge in [0.05, 0.1) is 0 Å². The summed E-state index contributed by atoms with van der Waals surface area (Å²) in [6.45, 7) is 5.11. The molecule has 2 aromatic rings. The van der Waals surface area contributed by atoms with Crippen LogP contribution in [0.1, 0.15) is 43.7 Å². The van der Waals surface area contributed by atoms with Crippen LogP contribution >= 0.6 is 12.2 Å². The maximum Gasteiger partial charge on any atom is 0.239 e. The summed E-state index contributed by atoms with van der Waals surface area (Å²) in [6.07, 6.45) is 1.37. The van der Waals surface area contributed by atoms with Crippen LogP contribution in [-0.2, 0) is 4.79 Å². The summed E-state index contributed by atoms with van der Waals surface area (Å²) in [5.41, 5.74) is 7.72. The molecule has 0 aliphatic carbocycles. The molecule has 0 aliphatic heterocycles. The quantitative estimate of drug-likeness (QED) is 0.514. The number of amides is 1. The molecule has 0 radical (unpaired) electrons. The molecule has 2 rings (SSSR count). The Morgan fingerprint density at radius 1 is 0.923 bits per heavy atom. The lowest BCUT2D eigenvalue weighted by molar-refractivity contribution is -0.121. The highest BCUT2D eigenvalue weighted by Crippen LogP contribution is 2.27. The largest absolute Gasteiger partial charge is 0.361 e. The molecule has 0 unspecified atom stereocenters. The maximum absolute atomic E-state index is 12.4. The van der Waals surface area contributed by atoms with E-state index in [2.05, 4.69) is 54.3 Å². The summed E-state index contributed by atoms with van der Waals surface area (Å²) in [7, 11) is 0. The van der Waals surface area contributed by atoms with Crippen LogP contribution in [0.25, 0.3) is 0 Å². The van der Waals surface area contributed by atoms with Gasteiger partial charge in [-0.1, -0.05) is 74.5 Å². The predicted octanol–water partition coefficient (Wildman–Crippen LogP) is 3.75. The molecule has 1 amide bonds. The number of nitrogens with one attached hydrogen (secondary N) is 3. The van der Waals surface area contributed by atoms with Gasteiger partial charge in [0.1, 0.15) is 0 Å². The second-order valence-electron chi connectivity index (χ2n) is 6.69. The Bertz CT molecular complexity index is 649. The van der Waals surface area contributed by atoms with Gasteiger partial charge in [-0.2, -0.15) is 0 Å². The molecule has 0 aromatic heterocycles. The van der Waals surface area contributed by atoms with Gasteiger partial charge < -0.3 is 5.32 Å². The third-order valence-corrected chi connectivity index (χ3v) is 4.36. The summed E-state index contributed by atoms with van der Waals surface area (Å²) in [5, 5.41) is 3.53. The predicted molar refractivity (Wildman–Crippen MR) is 111 cm³/mol. The molecule has 2 aromatic carbocycles. The molecule has 0 atom stereocenters. The van der Waals surface area contributed by atoms with Crippen LogP contribution < -0.4 is 16.2 Å². The van der Waals surface area contributed by atoms with Crippen LogP contribution in [0.2, 0.25) is 0 Å². The van der Waals surface area contributed by atoms with Crippen LogP contribution in [0.3, 0.4) is 0 Å². The molecule has 0 aliphatic rings. The van der Waals surface area contributed by atoms with E-state index < -0.39 is 0 Å². The average Bonchev–Trinajstić information content (AvgIpc) is 2.65. The van der Waals surface area contributed by atoms with Gasteiger partial charge in [0.25, 0.3) is 0 Å². The fraction of sp³-hybridized carbons (Fsp3) is 0.333. The zero-order chi connectivity index (χ0) is 18.8. The van der Waals surface area contributed by atoms with Crippen molar-refractivity contribution >= 4 is 23.2 Å². The highest BCUT2D eigenvalue weighted by Gasteiger charge is 2.18. The van der Waals surface area contributed by atoms with Gasteiger partial charge >= 0.3 is 0 Å². The number of carbonyl (C=O) groups excluding carboxylic acids is 1.